The molecule has 18 heavy (non-hydrogen) atoms. The van der Waals surface area contributed by atoms with Crippen molar-refractivity contribution in [3.8, 4) is 11.5 Å². The molecule has 4 N–H and O–H groups in total. The van der Waals surface area contributed by atoms with E-state index in [9.17, 15) is 20.4 Å². The molecule has 98 valence electrons. The van der Waals surface area contributed by atoms with Crippen LogP contribution in [0.2, 0.25) is 0 Å². The number of aliphatic hydroxyl groups excluding tert-OH is 2. The molecule has 1 rings (SSSR count). The summed E-state index contributed by atoms with van der Waals surface area (Å²) in [5.74, 6) is -0.244. The summed E-state index contributed by atoms with van der Waals surface area (Å²) in [6.07, 6.45) is 1.50. The topological polar surface area (TPSA) is 80.9 Å². The zero-order chi connectivity index (χ0) is 13.7. The van der Waals surface area contributed by atoms with Crippen molar-refractivity contribution in [1.82, 2.24) is 0 Å². The van der Waals surface area contributed by atoms with Gasteiger partial charge in [-0.2, -0.15) is 0 Å². The van der Waals surface area contributed by atoms with Crippen molar-refractivity contribution >= 4 is 11.8 Å². The number of hydrogen-bond donors (Lipinski definition) is 4. The fourth-order valence-corrected chi connectivity index (χ4v) is 2.04. The molecule has 0 saturated heterocycles. The Morgan fingerprint density at radius 1 is 1.44 bits per heavy atom. The van der Waals surface area contributed by atoms with E-state index in [0.717, 1.165) is 11.8 Å². The van der Waals surface area contributed by atoms with Gasteiger partial charge >= 0.3 is 0 Å². The summed E-state index contributed by atoms with van der Waals surface area (Å²) in [6, 6.07) is 4.19. The van der Waals surface area contributed by atoms with Crippen molar-refractivity contribution in [2.45, 2.75) is 24.3 Å². The van der Waals surface area contributed by atoms with E-state index in [1.54, 1.807) is 13.0 Å². The van der Waals surface area contributed by atoms with Crippen LogP contribution in [0.1, 0.15) is 13.3 Å². The Bertz CT molecular complexity index is 466. The van der Waals surface area contributed by atoms with Crippen LogP contribution in [0.3, 0.4) is 0 Å². The van der Waals surface area contributed by atoms with Gasteiger partial charge in [-0.3, -0.25) is 0 Å². The van der Waals surface area contributed by atoms with Gasteiger partial charge in [0.05, 0.1) is 11.0 Å². The van der Waals surface area contributed by atoms with Crippen LogP contribution in [-0.4, -0.2) is 26.5 Å². The Balaban J connectivity index is 2.90. The van der Waals surface area contributed by atoms with Gasteiger partial charge in [0.2, 0.25) is 0 Å². The fourth-order valence-electron chi connectivity index (χ4n) is 1.21. The van der Waals surface area contributed by atoms with Gasteiger partial charge in [0.25, 0.3) is 0 Å². The lowest BCUT2D eigenvalue weighted by atomic mass is 10.2. The fraction of sp³-hybridized carbons (Fsp3) is 0.231. The van der Waals surface area contributed by atoms with Crippen LogP contribution in [0.5, 0.6) is 11.5 Å². The van der Waals surface area contributed by atoms with Crippen molar-refractivity contribution in [3.63, 3.8) is 0 Å². The highest BCUT2D eigenvalue weighted by atomic mass is 32.2. The Hall–Kier alpha value is -1.59. The third-order valence-electron chi connectivity index (χ3n) is 2.09. The summed E-state index contributed by atoms with van der Waals surface area (Å²) in [5.41, 5.74) is 0. The maximum absolute atomic E-state index is 9.63. The average Bonchev–Trinajstić information content (AvgIpc) is 2.26. The van der Waals surface area contributed by atoms with E-state index < -0.39 is 6.10 Å². The predicted molar refractivity (Wildman–Crippen MR) is 71.8 cm³/mol. The lowest BCUT2D eigenvalue weighted by molar-refractivity contribution is 0.198. The average molecular weight is 268 g/mol. The van der Waals surface area contributed by atoms with Gasteiger partial charge < -0.3 is 20.4 Å². The maximum Gasteiger partial charge on any atom is 0.133 e. The molecule has 5 heteroatoms. The van der Waals surface area contributed by atoms with Crippen LogP contribution in [-0.2, 0) is 0 Å². The molecule has 0 aliphatic carbocycles. The Morgan fingerprint density at radius 3 is 2.61 bits per heavy atom. The lowest BCUT2D eigenvalue weighted by Crippen LogP contribution is -1.97. The van der Waals surface area contributed by atoms with Crippen molar-refractivity contribution < 1.29 is 20.4 Å². The van der Waals surface area contributed by atoms with Crippen LogP contribution in [0, 0.1) is 0 Å². The first-order valence-electron chi connectivity index (χ1n) is 5.36. The van der Waals surface area contributed by atoms with Crippen molar-refractivity contribution in [3.05, 3.63) is 41.5 Å². The Kier molecular flexibility index (Phi) is 5.12. The molecule has 1 aromatic rings. The molecule has 1 unspecified atom stereocenters. The summed E-state index contributed by atoms with van der Waals surface area (Å²) in [4.78, 5) is 0.941. The molecule has 0 bridgehead atoms. The van der Waals surface area contributed by atoms with Gasteiger partial charge in [-0.25, -0.2) is 0 Å². The number of hydrogen-bond acceptors (Lipinski definition) is 5. The molecule has 0 heterocycles. The lowest BCUT2D eigenvalue weighted by Gasteiger charge is -2.08. The second-order valence-corrected chi connectivity index (χ2v) is 4.94. The first kappa shape index (κ1) is 14.5. The SMILES string of the molecule is C=C(O)/C(=C\CC(C)O)Sc1ccc(O)cc1O. The summed E-state index contributed by atoms with van der Waals surface area (Å²) in [6.45, 7) is 5.07. The molecule has 0 aliphatic rings. The third kappa shape index (κ3) is 4.35. The van der Waals surface area contributed by atoms with E-state index in [4.69, 9.17) is 0 Å². The molecule has 0 amide bonds. The first-order chi connectivity index (χ1) is 8.40. The molecule has 4 nitrogen and oxygen atoms in total. The number of aliphatic hydroxyl groups is 2. The van der Waals surface area contributed by atoms with Crippen LogP contribution in [0.4, 0.5) is 0 Å². The van der Waals surface area contributed by atoms with Gasteiger partial charge in [-0.15, -0.1) is 0 Å². The Morgan fingerprint density at radius 2 is 2.11 bits per heavy atom. The van der Waals surface area contributed by atoms with Crippen LogP contribution < -0.4 is 0 Å². The molecule has 0 saturated carbocycles. The highest BCUT2D eigenvalue weighted by Crippen LogP contribution is 2.37. The van der Waals surface area contributed by atoms with E-state index in [1.165, 1.54) is 18.2 Å². The molecular formula is C13H16O4S. The molecule has 1 atom stereocenters. The summed E-state index contributed by atoms with van der Waals surface area (Å²) >= 11 is 1.11. The Labute approximate surface area is 110 Å². The highest BCUT2D eigenvalue weighted by Gasteiger charge is 2.09. The van der Waals surface area contributed by atoms with E-state index in [0.29, 0.717) is 16.2 Å². The minimum Gasteiger partial charge on any atom is -0.508 e. The van der Waals surface area contributed by atoms with Gasteiger partial charge in [-0.05, 0) is 25.5 Å². The standard InChI is InChI=1S/C13H16O4S/c1-8(14)3-5-12(9(2)15)18-13-6-4-10(16)7-11(13)17/h4-8,14-17H,2-3H2,1H3/b12-5+. The van der Waals surface area contributed by atoms with Crippen LogP contribution in [0.25, 0.3) is 0 Å². The second kappa shape index (κ2) is 6.37. The molecule has 0 spiro atoms. The number of phenolic OH excluding ortho intramolecular Hbond substituents is 2. The molecule has 0 aromatic heterocycles. The van der Waals surface area contributed by atoms with E-state index >= 15 is 0 Å². The number of rotatable bonds is 5. The molecule has 0 aliphatic heterocycles. The summed E-state index contributed by atoms with van der Waals surface area (Å²) in [7, 11) is 0. The van der Waals surface area contributed by atoms with E-state index in [1.807, 2.05) is 0 Å². The summed E-state index contributed by atoms with van der Waals surface area (Å²) in [5, 5.41) is 37.4. The van der Waals surface area contributed by atoms with Crippen molar-refractivity contribution in [2.75, 3.05) is 0 Å². The molecule has 0 radical (unpaired) electrons. The van der Waals surface area contributed by atoms with Crippen LogP contribution >= 0.6 is 11.8 Å². The highest BCUT2D eigenvalue weighted by molar-refractivity contribution is 8.03. The smallest absolute Gasteiger partial charge is 0.133 e. The van der Waals surface area contributed by atoms with Crippen molar-refractivity contribution in [2.24, 2.45) is 0 Å². The minimum atomic E-state index is -0.520. The van der Waals surface area contributed by atoms with Crippen molar-refractivity contribution in [1.29, 1.82) is 0 Å². The van der Waals surface area contributed by atoms with E-state index in [2.05, 4.69) is 6.58 Å². The largest absolute Gasteiger partial charge is 0.508 e. The van der Waals surface area contributed by atoms with Gasteiger partial charge in [0, 0.05) is 11.0 Å². The zero-order valence-electron chi connectivity index (χ0n) is 10.00. The number of benzene rings is 1. The number of phenols is 2. The first-order valence-corrected chi connectivity index (χ1v) is 6.18. The molecule has 0 fully saturated rings. The van der Waals surface area contributed by atoms with E-state index in [-0.39, 0.29) is 17.3 Å². The minimum absolute atomic E-state index is 0.0332. The normalized spacial score (nSPS) is 13.3. The summed E-state index contributed by atoms with van der Waals surface area (Å²) < 4.78 is 0. The number of thioether (sulfide) groups is 1. The zero-order valence-corrected chi connectivity index (χ0v) is 10.8. The maximum atomic E-state index is 9.63. The number of aromatic hydroxyl groups is 2. The third-order valence-corrected chi connectivity index (χ3v) is 3.28. The van der Waals surface area contributed by atoms with Gasteiger partial charge in [0.1, 0.15) is 17.3 Å². The molecule has 1 aromatic carbocycles. The molecular weight excluding hydrogens is 252 g/mol. The van der Waals surface area contributed by atoms with Crippen LogP contribution in [0.15, 0.2) is 46.4 Å². The predicted octanol–water partition coefficient (Wildman–Crippen LogP) is 2.92. The van der Waals surface area contributed by atoms with Gasteiger partial charge in [0.15, 0.2) is 0 Å². The quantitative estimate of drug-likeness (QED) is 0.375. The monoisotopic (exact) mass is 268 g/mol. The van der Waals surface area contributed by atoms with Gasteiger partial charge in [-0.1, -0.05) is 24.4 Å². The second-order valence-electron chi connectivity index (χ2n) is 3.85.